The van der Waals surface area contributed by atoms with Gasteiger partial charge in [-0.1, -0.05) is 6.08 Å². The number of aryl methyl sites for hydroxylation is 1. The Labute approximate surface area is 100 Å². The summed E-state index contributed by atoms with van der Waals surface area (Å²) in [5.74, 6) is 0.333. The molecule has 2 N–H and O–H groups in total. The molecule has 2 aromatic rings. The summed E-state index contributed by atoms with van der Waals surface area (Å²) in [6.07, 6.45) is 5.44. The van der Waals surface area contributed by atoms with E-state index in [9.17, 15) is 5.11 Å². The summed E-state index contributed by atoms with van der Waals surface area (Å²) < 4.78 is 2.12. The number of aromatic hydroxyl groups is 1. The van der Waals surface area contributed by atoms with Crippen LogP contribution in [-0.2, 0) is 7.05 Å². The molecule has 0 unspecified atom stereocenters. The first kappa shape index (κ1) is 10.4. The van der Waals surface area contributed by atoms with Crippen LogP contribution in [0.15, 0.2) is 30.5 Å². The van der Waals surface area contributed by atoms with Gasteiger partial charge in [-0.25, -0.2) is 0 Å². The Morgan fingerprint density at radius 2 is 2.24 bits per heavy atom. The highest BCUT2D eigenvalue weighted by Crippen LogP contribution is 2.31. The zero-order valence-corrected chi connectivity index (χ0v) is 9.90. The summed E-state index contributed by atoms with van der Waals surface area (Å²) in [5, 5.41) is 14.1. The molecule has 3 heteroatoms. The number of phenols is 1. The van der Waals surface area contributed by atoms with Gasteiger partial charge in [0.25, 0.3) is 0 Å². The van der Waals surface area contributed by atoms with Gasteiger partial charge in [0, 0.05) is 36.3 Å². The summed E-state index contributed by atoms with van der Waals surface area (Å²) in [6, 6.07) is 5.56. The van der Waals surface area contributed by atoms with Crippen LogP contribution in [0, 0.1) is 0 Å². The molecule has 88 valence electrons. The third-order valence-electron chi connectivity index (χ3n) is 3.38. The molecule has 0 saturated heterocycles. The molecule has 0 bridgehead atoms. The van der Waals surface area contributed by atoms with Crippen LogP contribution < -0.4 is 5.32 Å². The summed E-state index contributed by atoms with van der Waals surface area (Å²) in [6.45, 7) is 1.96. The minimum Gasteiger partial charge on any atom is -0.508 e. The maximum Gasteiger partial charge on any atom is 0.116 e. The number of nitrogens with one attached hydrogen (secondary N) is 1. The molecule has 0 radical (unpaired) electrons. The zero-order chi connectivity index (χ0) is 11.8. The topological polar surface area (TPSA) is 37.2 Å². The molecular formula is C14H16N2O. The third kappa shape index (κ3) is 1.72. The highest BCUT2D eigenvalue weighted by atomic mass is 16.3. The van der Waals surface area contributed by atoms with E-state index in [2.05, 4.69) is 22.2 Å². The van der Waals surface area contributed by atoms with Gasteiger partial charge in [-0.05, 0) is 36.7 Å². The summed E-state index contributed by atoms with van der Waals surface area (Å²) >= 11 is 0. The molecule has 2 heterocycles. The first-order valence-electron chi connectivity index (χ1n) is 5.94. The maximum atomic E-state index is 9.62. The van der Waals surface area contributed by atoms with Crippen LogP contribution in [0.5, 0.6) is 5.75 Å². The molecule has 1 aromatic heterocycles. The average Bonchev–Trinajstić information content (AvgIpc) is 2.67. The Morgan fingerprint density at radius 1 is 1.35 bits per heavy atom. The van der Waals surface area contributed by atoms with E-state index in [1.165, 1.54) is 11.1 Å². The Balaban J connectivity index is 2.22. The van der Waals surface area contributed by atoms with Crippen molar-refractivity contribution in [3.63, 3.8) is 0 Å². The summed E-state index contributed by atoms with van der Waals surface area (Å²) in [5.41, 5.74) is 3.79. The fourth-order valence-electron chi connectivity index (χ4n) is 2.50. The molecule has 0 saturated carbocycles. The standard InChI is InChI=1S/C14H16N2O/c1-16-9-13(10-4-6-15-7-5-10)12-8-11(17)2-3-14(12)16/h2-4,8-9,15,17H,5-7H2,1H3. The summed E-state index contributed by atoms with van der Waals surface area (Å²) in [7, 11) is 2.05. The predicted octanol–water partition coefficient (Wildman–Crippen LogP) is 2.26. The van der Waals surface area contributed by atoms with Crippen molar-refractivity contribution in [1.29, 1.82) is 0 Å². The molecule has 0 amide bonds. The Bertz CT molecular complexity index is 596. The van der Waals surface area contributed by atoms with Crippen LogP contribution in [-0.4, -0.2) is 22.8 Å². The molecule has 0 atom stereocenters. The van der Waals surface area contributed by atoms with Crippen LogP contribution in [0.3, 0.4) is 0 Å². The van der Waals surface area contributed by atoms with Crippen molar-refractivity contribution in [2.45, 2.75) is 6.42 Å². The van der Waals surface area contributed by atoms with Gasteiger partial charge in [0.2, 0.25) is 0 Å². The van der Waals surface area contributed by atoms with Crippen molar-refractivity contribution in [2.24, 2.45) is 7.05 Å². The van der Waals surface area contributed by atoms with Crippen molar-refractivity contribution in [1.82, 2.24) is 9.88 Å². The van der Waals surface area contributed by atoms with Crippen LogP contribution >= 0.6 is 0 Å². The van der Waals surface area contributed by atoms with E-state index in [1.54, 1.807) is 6.07 Å². The fraction of sp³-hybridized carbons (Fsp3) is 0.286. The van der Waals surface area contributed by atoms with Gasteiger partial charge in [-0.15, -0.1) is 0 Å². The number of rotatable bonds is 1. The van der Waals surface area contributed by atoms with E-state index >= 15 is 0 Å². The number of benzene rings is 1. The molecule has 1 aliphatic heterocycles. The lowest BCUT2D eigenvalue weighted by atomic mass is 10.00. The minimum atomic E-state index is 0.333. The molecule has 0 aliphatic carbocycles. The largest absolute Gasteiger partial charge is 0.508 e. The second kappa shape index (κ2) is 3.93. The molecule has 3 rings (SSSR count). The van der Waals surface area contributed by atoms with Gasteiger partial charge in [0.1, 0.15) is 5.75 Å². The lowest BCUT2D eigenvalue weighted by Gasteiger charge is -2.13. The molecule has 17 heavy (non-hydrogen) atoms. The van der Waals surface area contributed by atoms with E-state index < -0.39 is 0 Å². The van der Waals surface area contributed by atoms with E-state index in [1.807, 2.05) is 19.2 Å². The molecule has 3 nitrogen and oxygen atoms in total. The number of phenolic OH excluding ortho intramolecular Hbond substituents is 1. The predicted molar refractivity (Wildman–Crippen MR) is 70.0 cm³/mol. The van der Waals surface area contributed by atoms with E-state index in [0.717, 1.165) is 30.4 Å². The normalized spacial score (nSPS) is 16.2. The van der Waals surface area contributed by atoms with Crippen LogP contribution in [0.2, 0.25) is 0 Å². The van der Waals surface area contributed by atoms with E-state index in [0.29, 0.717) is 5.75 Å². The van der Waals surface area contributed by atoms with Gasteiger partial charge in [0.05, 0.1) is 0 Å². The molecule has 0 spiro atoms. The smallest absolute Gasteiger partial charge is 0.116 e. The second-order valence-electron chi connectivity index (χ2n) is 4.54. The van der Waals surface area contributed by atoms with Crippen molar-refractivity contribution in [3.05, 3.63) is 36.0 Å². The Morgan fingerprint density at radius 3 is 3.00 bits per heavy atom. The van der Waals surface area contributed by atoms with Crippen molar-refractivity contribution < 1.29 is 5.11 Å². The number of aromatic nitrogens is 1. The Kier molecular flexibility index (Phi) is 2.41. The minimum absolute atomic E-state index is 0.333. The fourth-order valence-corrected chi connectivity index (χ4v) is 2.50. The average molecular weight is 228 g/mol. The van der Waals surface area contributed by atoms with Crippen molar-refractivity contribution in [3.8, 4) is 5.75 Å². The lowest BCUT2D eigenvalue weighted by molar-refractivity contribution is 0.476. The number of nitrogens with zero attached hydrogens (tertiary/aromatic N) is 1. The van der Waals surface area contributed by atoms with E-state index in [4.69, 9.17) is 0 Å². The molecule has 0 fully saturated rings. The van der Waals surface area contributed by atoms with Crippen LogP contribution in [0.1, 0.15) is 12.0 Å². The lowest BCUT2D eigenvalue weighted by Crippen LogP contribution is -2.19. The Hall–Kier alpha value is -1.74. The molecule has 1 aliphatic rings. The van der Waals surface area contributed by atoms with E-state index in [-0.39, 0.29) is 0 Å². The number of fused-ring (bicyclic) bond motifs is 1. The number of hydrogen-bond acceptors (Lipinski definition) is 2. The van der Waals surface area contributed by atoms with Crippen LogP contribution in [0.4, 0.5) is 0 Å². The SMILES string of the molecule is Cn1cc(C2=CCNCC2)c2cc(O)ccc21. The summed E-state index contributed by atoms with van der Waals surface area (Å²) in [4.78, 5) is 0. The monoisotopic (exact) mass is 228 g/mol. The first-order chi connectivity index (χ1) is 8.25. The molecular weight excluding hydrogens is 212 g/mol. The van der Waals surface area contributed by atoms with Crippen molar-refractivity contribution >= 4 is 16.5 Å². The molecule has 1 aromatic carbocycles. The van der Waals surface area contributed by atoms with Crippen LogP contribution in [0.25, 0.3) is 16.5 Å². The number of hydrogen-bond donors (Lipinski definition) is 2. The quantitative estimate of drug-likeness (QED) is 0.785. The van der Waals surface area contributed by atoms with Gasteiger partial charge in [-0.2, -0.15) is 0 Å². The zero-order valence-electron chi connectivity index (χ0n) is 9.90. The maximum absolute atomic E-state index is 9.62. The highest BCUT2D eigenvalue weighted by Gasteiger charge is 2.12. The van der Waals surface area contributed by atoms with Gasteiger partial charge in [0.15, 0.2) is 0 Å². The van der Waals surface area contributed by atoms with Crippen molar-refractivity contribution in [2.75, 3.05) is 13.1 Å². The third-order valence-corrected chi connectivity index (χ3v) is 3.38. The highest BCUT2D eigenvalue weighted by molar-refractivity contribution is 5.94. The second-order valence-corrected chi connectivity index (χ2v) is 4.54. The van der Waals surface area contributed by atoms with Gasteiger partial charge < -0.3 is 15.0 Å². The van der Waals surface area contributed by atoms with Gasteiger partial charge >= 0.3 is 0 Å². The van der Waals surface area contributed by atoms with Gasteiger partial charge in [-0.3, -0.25) is 0 Å². The first-order valence-corrected chi connectivity index (χ1v) is 5.94.